The minimum Gasteiger partial charge on any atom is -0.284 e. The lowest BCUT2D eigenvalue weighted by molar-refractivity contribution is 0.298. The lowest BCUT2D eigenvalue weighted by Gasteiger charge is -2.15. The highest BCUT2D eigenvalue weighted by atomic mass is 32.1. The summed E-state index contributed by atoms with van der Waals surface area (Å²) < 4.78 is 0. The number of nitrogens with zero attached hydrogens (tertiary/aromatic N) is 3. The molecule has 0 N–H and O–H groups in total. The van der Waals surface area contributed by atoms with Gasteiger partial charge in [0.2, 0.25) is 0 Å². The van der Waals surface area contributed by atoms with Crippen LogP contribution in [0.5, 0.6) is 0 Å². The summed E-state index contributed by atoms with van der Waals surface area (Å²) in [4.78, 5) is 7.89. The Balaban J connectivity index is 2.61. The molecule has 0 aliphatic rings. The number of nitriles is 1. The van der Waals surface area contributed by atoms with E-state index in [2.05, 4.69) is 29.8 Å². The zero-order valence-electron chi connectivity index (χ0n) is 9.58. The summed E-state index contributed by atoms with van der Waals surface area (Å²) >= 11 is 1.73. The van der Waals surface area contributed by atoms with Crippen molar-refractivity contribution in [1.82, 2.24) is 9.88 Å². The SMILES string of the molecule is CCCN(CC#N)Cc1nc(C)c(C)s1. The van der Waals surface area contributed by atoms with Crippen molar-refractivity contribution in [2.75, 3.05) is 13.1 Å². The second-order valence-electron chi connectivity index (χ2n) is 3.62. The summed E-state index contributed by atoms with van der Waals surface area (Å²) in [5.41, 5.74) is 1.11. The van der Waals surface area contributed by atoms with Crippen molar-refractivity contribution in [3.63, 3.8) is 0 Å². The molecular formula is C11H17N3S. The van der Waals surface area contributed by atoms with Crippen LogP contribution in [0.2, 0.25) is 0 Å². The maximum Gasteiger partial charge on any atom is 0.107 e. The normalized spacial score (nSPS) is 10.6. The fourth-order valence-electron chi connectivity index (χ4n) is 1.43. The predicted octanol–water partition coefficient (Wildman–Crippen LogP) is 2.50. The first-order valence-electron chi connectivity index (χ1n) is 5.19. The van der Waals surface area contributed by atoms with Crippen LogP contribution in [0.4, 0.5) is 0 Å². The van der Waals surface area contributed by atoms with Gasteiger partial charge in [-0.2, -0.15) is 5.26 Å². The first-order valence-corrected chi connectivity index (χ1v) is 6.01. The van der Waals surface area contributed by atoms with Gasteiger partial charge in [0.05, 0.1) is 24.9 Å². The van der Waals surface area contributed by atoms with Crippen molar-refractivity contribution in [3.8, 4) is 6.07 Å². The van der Waals surface area contributed by atoms with Crippen LogP contribution in [-0.4, -0.2) is 23.0 Å². The Morgan fingerprint density at radius 1 is 1.47 bits per heavy atom. The molecule has 0 saturated heterocycles. The lowest BCUT2D eigenvalue weighted by Crippen LogP contribution is -2.24. The minimum atomic E-state index is 0.492. The molecule has 0 aliphatic carbocycles. The molecule has 0 radical (unpaired) electrons. The van der Waals surface area contributed by atoms with E-state index in [1.807, 2.05) is 6.92 Å². The van der Waals surface area contributed by atoms with Gasteiger partial charge in [0.15, 0.2) is 0 Å². The van der Waals surface area contributed by atoms with Crippen molar-refractivity contribution in [2.45, 2.75) is 33.7 Å². The molecule has 0 aliphatic heterocycles. The topological polar surface area (TPSA) is 39.9 Å². The van der Waals surface area contributed by atoms with Crippen LogP contribution in [0.3, 0.4) is 0 Å². The van der Waals surface area contributed by atoms with Gasteiger partial charge in [-0.1, -0.05) is 6.92 Å². The first-order chi connectivity index (χ1) is 7.17. The molecule has 82 valence electrons. The average molecular weight is 223 g/mol. The third-order valence-corrected chi connectivity index (χ3v) is 3.32. The highest BCUT2D eigenvalue weighted by molar-refractivity contribution is 7.11. The van der Waals surface area contributed by atoms with E-state index in [9.17, 15) is 0 Å². The molecule has 3 nitrogen and oxygen atoms in total. The Morgan fingerprint density at radius 3 is 2.67 bits per heavy atom. The van der Waals surface area contributed by atoms with E-state index in [0.717, 1.165) is 30.2 Å². The highest BCUT2D eigenvalue weighted by Gasteiger charge is 2.08. The van der Waals surface area contributed by atoms with Crippen molar-refractivity contribution >= 4 is 11.3 Å². The van der Waals surface area contributed by atoms with Crippen LogP contribution in [0.1, 0.15) is 28.9 Å². The van der Waals surface area contributed by atoms with E-state index in [4.69, 9.17) is 5.26 Å². The third kappa shape index (κ3) is 3.61. The Morgan fingerprint density at radius 2 is 2.20 bits per heavy atom. The number of hydrogen-bond acceptors (Lipinski definition) is 4. The van der Waals surface area contributed by atoms with E-state index < -0.39 is 0 Å². The van der Waals surface area contributed by atoms with Crippen LogP contribution in [0.25, 0.3) is 0 Å². The van der Waals surface area contributed by atoms with Gasteiger partial charge in [-0.25, -0.2) is 4.98 Å². The molecule has 1 aromatic rings. The fraction of sp³-hybridized carbons (Fsp3) is 0.636. The summed E-state index contributed by atoms with van der Waals surface area (Å²) in [6.07, 6.45) is 1.07. The minimum absolute atomic E-state index is 0.492. The van der Waals surface area contributed by atoms with Gasteiger partial charge in [-0.05, 0) is 26.8 Å². The molecule has 0 spiro atoms. The van der Waals surface area contributed by atoms with Crippen molar-refractivity contribution in [3.05, 3.63) is 15.6 Å². The maximum atomic E-state index is 8.69. The molecule has 15 heavy (non-hydrogen) atoms. The molecular weight excluding hydrogens is 206 g/mol. The van der Waals surface area contributed by atoms with E-state index >= 15 is 0 Å². The molecule has 4 heteroatoms. The smallest absolute Gasteiger partial charge is 0.107 e. The van der Waals surface area contributed by atoms with Crippen LogP contribution < -0.4 is 0 Å². The number of aryl methyl sites for hydroxylation is 2. The molecule has 0 bridgehead atoms. The van der Waals surface area contributed by atoms with Crippen LogP contribution in [0, 0.1) is 25.2 Å². The largest absolute Gasteiger partial charge is 0.284 e. The lowest BCUT2D eigenvalue weighted by atomic mass is 10.4. The van der Waals surface area contributed by atoms with Crippen molar-refractivity contribution in [2.24, 2.45) is 0 Å². The van der Waals surface area contributed by atoms with Gasteiger partial charge < -0.3 is 0 Å². The van der Waals surface area contributed by atoms with Gasteiger partial charge in [-0.3, -0.25) is 4.90 Å². The van der Waals surface area contributed by atoms with E-state index in [1.54, 1.807) is 11.3 Å². The zero-order chi connectivity index (χ0) is 11.3. The van der Waals surface area contributed by atoms with Crippen LogP contribution in [-0.2, 0) is 6.54 Å². The van der Waals surface area contributed by atoms with E-state index in [1.165, 1.54) is 4.88 Å². The number of aromatic nitrogens is 1. The quantitative estimate of drug-likeness (QED) is 0.720. The Bertz CT molecular complexity index is 332. The fourth-order valence-corrected chi connectivity index (χ4v) is 2.40. The standard InChI is InChI=1S/C11H17N3S/c1-4-6-14(7-5-12)8-11-13-9(2)10(3)15-11/h4,6-8H2,1-3H3. The Hall–Kier alpha value is -0.920. The summed E-state index contributed by atoms with van der Waals surface area (Å²) in [5, 5.41) is 9.81. The van der Waals surface area contributed by atoms with Gasteiger partial charge in [0.1, 0.15) is 5.01 Å². The van der Waals surface area contributed by atoms with Crippen molar-refractivity contribution in [1.29, 1.82) is 5.26 Å². The van der Waals surface area contributed by atoms with E-state index in [0.29, 0.717) is 6.54 Å². The number of thiazole rings is 1. The zero-order valence-corrected chi connectivity index (χ0v) is 10.4. The summed E-state index contributed by atoms with van der Waals surface area (Å²) in [7, 11) is 0. The van der Waals surface area contributed by atoms with Gasteiger partial charge in [-0.15, -0.1) is 11.3 Å². The molecule has 0 saturated carbocycles. The summed E-state index contributed by atoms with van der Waals surface area (Å²) in [6.45, 7) is 8.51. The second kappa shape index (κ2) is 5.84. The van der Waals surface area contributed by atoms with Crippen molar-refractivity contribution < 1.29 is 0 Å². The first kappa shape index (κ1) is 12.2. The second-order valence-corrected chi connectivity index (χ2v) is 4.91. The molecule has 1 aromatic heterocycles. The molecule has 0 unspecified atom stereocenters. The molecule has 0 atom stereocenters. The van der Waals surface area contributed by atoms with E-state index in [-0.39, 0.29) is 0 Å². The summed E-state index contributed by atoms with van der Waals surface area (Å²) in [5.74, 6) is 0. The van der Waals surface area contributed by atoms with Crippen LogP contribution >= 0.6 is 11.3 Å². The monoisotopic (exact) mass is 223 g/mol. The van der Waals surface area contributed by atoms with Crippen LogP contribution in [0.15, 0.2) is 0 Å². The summed E-state index contributed by atoms with van der Waals surface area (Å²) in [6, 6.07) is 2.20. The molecule has 0 fully saturated rings. The number of hydrogen-bond donors (Lipinski definition) is 0. The molecule has 0 aromatic carbocycles. The highest BCUT2D eigenvalue weighted by Crippen LogP contribution is 2.17. The third-order valence-electron chi connectivity index (χ3n) is 2.27. The van der Waals surface area contributed by atoms with Gasteiger partial charge in [0, 0.05) is 4.88 Å². The Kier molecular flexibility index (Phi) is 4.73. The molecule has 1 rings (SSSR count). The maximum absolute atomic E-state index is 8.69. The molecule has 0 amide bonds. The Labute approximate surface area is 95.4 Å². The average Bonchev–Trinajstić information content (AvgIpc) is 2.47. The van der Waals surface area contributed by atoms with Gasteiger partial charge in [0.25, 0.3) is 0 Å². The molecule has 1 heterocycles. The predicted molar refractivity (Wildman–Crippen MR) is 62.8 cm³/mol. The number of rotatable bonds is 5. The van der Waals surface area contributed by atoms with Gasteiger partial charge >= 0.3 is 0 Å².